The highest BCUT2D eigenvalue weighted by atomic mass is 16.5. The molecule has 2 rings (SSSR count). The van der Waals surface area contributed by atoms with Crippen LogP contribution >= 0.6 is 0 Å². The number of hydrogen-bond acceptors (Lipinski definition) is 4. The van der Waals surface area contributed by atoms with Crippen LogP contribution in [0.5, 0.6) is 23.0 Å². The normalized spacial score (nSPS) is 10.3. The maximum atomic E-state index is 10.2. The van der Waals surface area contributed by atoms with Crippen LogP contribution in [0.2, 0.25) is 0 Å². The summed E-state index contributed by atoms with van der Waals surface area (Å²) in [7, 11) is 0. The standard InChI is InChI=1S/C16H18O4/c1-3-19-13-10-12(11-8-6-5-7-9-11)14(17)15(18)16(13)20-4-2/h5-10,17-18H,3-4H2,1-2H3. The van der Waals surface area contributed by atoms with Crippen molar-refractivity contribution in [3.63, 3.8) is 0 Å². The van der Waals surface area contributed by atoms with E-state index < -0.39 is 0 Å². The molecule has 0 atom stereocenters. The Bertz CT molecular complexity index is 579. The third-order valence-electron chi connectivity index (χ3n) is 2.87. The molecule has 0 aliphatic heterocycles. The molecule has 0 aliphatic rings. The van der Waals surface area contributed by atoms with Crippen LogP contribution in [-0.4, -0.2) is 23.4 Å². The lowest BCUT2D eigenvalue weighted by Gasteiger charge is -2.16. The number of phenols is 2. The molecule has 2 N–H and O–H groups in total. The number of aromatic hydroxyl groups is 2. The summed E-state index contributed by atoms with van der Waals surface area (Å²) in [4.78, 5) is 0. The highest BCUT2D eigenvalue weighted by molar-refractivity contribution is 5.78. The largest absolute Gasteiger partial charge is 0.504 e. The predicted molar refractivity (Wildman–Crippen MR) is 77.5 cm³/mol. The van der Waals surface area contributed by atoms with Crippen LogP contribution < -0.4 is 9.47 Å². The van der Waals surface area contributed by atoms with E-state index in [2.05, 4.69) is 0 Å². The van der Waals surface area contributed by atoms with Gasteiger partial charge in [0.1, 0.15) is 0 Å². The van der Waals surface area contributed by atoms with E-state index in [1.54, 1.807) is 13.0 Å². The highest BCUT2D eigenvalue weighted by Crippen LogP contribution is 2.48. The molecule has 0 unspecified atom stereocenters. The zero-order valence-electron chi connectivity index (χ0n) is 11.6. The van der Waals surface area contributed by atoms with Gasteiger partial charge in [0.25, 0.3) is 0 Å². The fourth-order valence-electron chi connectivity index (χ4n) is 2.00. The molecule has 20 heavy (non-hydrogen) atoms. The van der Waals surface area contributed by atoms with E-state index in [-0.39, 0.29) is 17.2 Å². The number of ether oxygens (including phenoxy) is 2. The van der Waals surface area contributed by atoms with Crippen molar-refractivity contribution in [1.29, 1.82) is 0 Å². The minimum Gasteiger partial charge on any atom is -0.504 e. The summed E-state index contributed by atoms with van der Waals surface area (Å²) in [6, 6.07) is 11.0. The first-order chi connectivity index (χ1) is 9.69. The van der Waals surface area contributed by atoms with Gasteiger partial charge in [0.05, 0.1) is 13.2 Å². The van der Waals surface area contributed by atoms with Crippen molar-refractivity contribution in [2.75, 3.05) is 13.2 Å². The van der Waals surface area contributed by atoms with Crippen LogP contribution in [-0.2, 0) is 0 Å². The molecular formula is C16H18O4. The topological polar surface area (TPSA) is 58.9 Å². The van der Waals surface area contributed by atoms with Gasteiger partial charge in [-0.15, -0.1) is 0 Å². The van der Waals surface area contributed by atoms with E-state index >= 15 is 0 Å². The lowest BCUT2D eigenvalue weighted by atomic mass is 10.0. The van der Waals surface area contributed by atoms with Crippen LogP contribution in [0.1, 0.15) is 13.8 Å². The van der Waals surface area contributed by atoms with E-state index in [0.717, 1.165) is 5.56 Å². The SMILES string of the molecule is CCOc1cc(-c2ccccc2)c(O)c(O)c1OCC. The monoisotopic (exact) mass is 274 g/mol. The van der Waals surface area contributed by atoms with Crippen LogP contribution in [0.3, 0.4) is 0 Å². The molecule has 0 bridgehead atoms. The van der Waals surface area contributed by atoms with Crippen LogP contribution in [0.4, 0.5) is 0 Å². The van der Waals surface area contributed by atoms with Crippen LogP contribution in [0, 0.1) is 0 Å². The van der Waals surface area contributed by atoms with Gasteiger partial charge in [-0.3, -0.25) is 0 Å². The first-order valence-corrected chi connectivity index (χ1v) is 6.59. The zero-order chi connectivity index (χ0) is 14.5. The molecule has 0 radical (unpaired) electrons. The molecule has 0 aliphatic carbocycles. The van der Waals surface area contributed by atoms with Gasteiger partial charge in [-0.25, -0.2) is 0 Å². The van der Waals surface area contributed by atoms with Crippen molar-refractivity contribution in [2.24, 2.45) is 0 Å². The van der Waals surface area contributed by atoms with Gasteiger partial charge in [0.2, 0.25) is 11.5 Å². The summed E-state index contributed by atoms with van der Waals surface area (Å²) in [5, 5.41) is 20.3. The second kappa shape index (κ2) is 6.19. The molecule has 0 amide bonds. The van der Waals surface area contributed by atoms with Crippen molar-refractivity contribution in [2.45, 2.75) is 13.8 Å². The van der Waals surface area contributed by atoms with Gasteiger partial charge in [-0.2, -0.15) is 0 Å². The lowest BCUT2D eigenvalue weighted by Crippen LogP contribution is -1.99. The van der Waals surface area contributed by atoms with Crippen molar-refractivity contribution in [1.82, 2.24) is 0 Å². The molecule has 4 heteroatoms. The molecule has 0 heterocycles. The summed E-state index contributed by atoms with van der Waals surface area (Å²) in [5.41, 5.74) is 1.30. The minimum absolute atomic E-state index is 0.173. The maximum absolute atomic E-state index is 10.2. The summed E-state index contributed by atoms with van der Waals surface area (Å²) < 4.78 is 10.8. The van der Waals surface area contributed by atoms with Gasteiger partial charge in [0.15, 0.2) is 11.5 Å². The maximum Gasteiger partial charge on any atom is 0.207 e. The Morgan fingerprint density at radius 2 is 1.55 bits per heavy atom. The van der Waals surface area contributed by atoms with Crippen molar-refractivity contribution in [3.8, 4) is 34.1 Å². The van der Waals surface area contributed by atoms with Gasteiger partial charge in [0, 0.05) is 5.56 Å². The second-order valence-corrected chi connectivity index (χ2v) is 4.18. The number of phenolic OH excluding ortho intramolecular Hbond substituents is 2. The molecular weight excluding hydrogens is 256 g/mol. The van der Waals surface area contributed by atoms with E-state index in [9.17, 15) is 10.2 Å². The fourth-order valence-corrected chi connectivity index (χ4v) is 2.00. The van der Waals surface area contributed by atoms with Gasteiger partial charge < -0.3 is 19.7 Å². The minimum atomic E-state index is -0.295. The molecule has 0 saturated carbocycles. The van der Waals surface area contributed by atoms with Crippen molar-refractivity contribution >= 4 is 0 Å². The van der Waals surface area contributed by atoms with Gasteiger partial charge in [-0.05, 0) is 25.5 Å². The molecule has 0 spiro atoms. The molecule has 2 aromatic carbocycles. The predicted octanol–water partition coefficient (Wildman–Crippen LogP) is 3.56. The third-order valence-corrected chi connectivity index (χ3v) is 2.87. The molecule has 2 aromatic rings. The Balaban J connectivity index is 2.59. The Morgan fingerprint density at radius 1 is 0.900 bits per heavy atom. The molecule has 0 saturated heterocycles. The average molecular weight is 274 g/mol. The quantitative estimate of drug-likeness (QED) is 0.818. The smallest absolute Gasteiger partial charge is 0.207 e. The van der Waals surface area contributed by atoms with Crippen LogP contribution in [0.25, 0.3) is 11.1 Å². The van der Waals surface area contributed by atoms with E-state index in [1.807, 2.05) is 37.3 Å². The van der Waals surface area contributed by atoms with Gasteiger partial charge in [-0.1, -0.05) is 30.3 Å². The first kappa shape index (κ1) is 14.1. The molecule has 0 fully saturated rings. The summed E-state index contributed by atoms with van der Waals surface area (Å²) >= 11 is 0. The second-order valence-electron chi connectivity index (χ2n) is 4.18. The summed E-state index contributed by atoms with van der Waals surface area (Å²) in [6.07, 6.45) is 0. The Morgan fingerprint density at radius 3 is 2.15 bits per heavy atom. The van der Waals surface area contributed by atoms with Gasteiger partial charge >= 0.3 is 0 Å². The third kappa shape index (κ3) is 2.64. The number of rotatable bonds is 5. The Kier molecular flexibility index (Phi) is 4.35. The zero-order valence-corrected chi connectivity index (χ0v) is 11.6. The molecule has 4 nitrogen and oxygen atoms in total. The molecule has 0 aromatic heterocycles. The number of hydrogen-bond donors (Lipinski definition) is 2. The van der Waals surface area contributed by atoms with Crippen molar-refractivity contribution in [3.05, 3.63) is 36.4 Å². The summed E-state index contributed by atoms with van der Waals surface area (Å²) in [5.74, 6) is 0.0924. The fraction of sp³-hybridized carbons (Fsp3) is 0.250. The van der Waals surface area contributed by atoms with Crippen LogP contribution in [0.15, 0.2) is 36.4 Å². The van der Waals surface area contributed by atoms with E-state index in [4.69, 9.17) is 9.47 Å². The summed E-state index contributed by atoms with van der Waals surface area (Å²) in [6.45, 7) is 4.47. The Hall–Kier alpha value is -2.36. The van der Waals surface area contributed by atoms with E-state index in [1.165, 1.54) is 0 Å². The van der Waals surface area contributed by atoms with Crippen molar-refractivity contribution < 1.29 is 19.7 Å². The molecule has 106 valence electrons. The Labute approximate surface area is 118 Å². The lowest BCUT2D eigenvalue weighted by molar-refractivity contribution is 0.270. The first-order valence-electron chi connectivity index (χ1n) is 6.59. The van der Waals surface area contributed by atoms with E-state index in [0.29, 0.717) is 24.5 Å². The number of benzene rings is 2. The average Bonchev–Trinajstić information content (AvgIpc) is 2.48. The highest BCUT2D eigenvalue weighted by Gasteiger charge is 2.20.